The standard InChI is InChI=1S/C18H19ClN2O3S/c1-13-4-10-16(11-5-13)25(23,24)21-12-2-3-17(21)18(22)20-15-8-6-14(19)7-9-15/h4-11,17H,2-3,12H2,1H3,(H,20,22)/t17-/m1/s1. The van der Waals surface area contributed by atoms with Crippen LogP contribution in [-0.2, 0) is 14.8 Å². The highest BCUT2D eigenvalue weighted by Crippen LogP contribution is 2.27. The molecule has 0 aliphatic carbocycles. The molecule has 0 bridgehead atoms. The van der Waals surface area contributed by atoms with E-state index in [4.69, 9.17) is 11.6 Å². The van der Waals surface area contributed by atoms with Crippen molar-refractivity contribution in [3.8, 4) is 0 Å². The highest BCUT2D eigenvalue weighted by Gasteiger charge is 2.39. The second-order valence-electron chi connectivity index (χ2n) is 6.08. The molecule has 1 atom stereocenters. The minimum Gasteiger partial charge on any atom is -0.325 e. The number of hydrogen-bond acceptors (Lipinski definition) is 3. The van der Waals surface area contributed by atoms with Crippen LogP contribution in [0.4, 0.5) is 5.69 Å². The lowest BCUT2D eigenvalue weighted by Crippen LogP contribution is -2.43. The topological polar surface area (TPSA) is 66.5 Å². The molecule has 1 aliphatic heterocycles. The lowest BCUT2D eigenvalue weighted by Gasteiger charge is -2.23. The summed E-state index contributed by atoms with van der Waals surface area (Å²) in [5.74, 6) is -0.324. The van der Waals surface area contributed by atoms with E-state index in [1.54, 1.807) is 48.5 Å². The molecule has 0 aromatic heterocycles. The van der Waals surface area contributed by atoms with Crippen LogP contribution in [0.2, 0.25) is 5.02 Å². The minimum atomic E-state index is -3.70. The van der Waals surface area contributed by atoms with E-state index in [-0.39, 0.29) is 10.8 Å². The number of sulfonamides is 1. The molecule has 1 fully saturated rings. The summed E-state index contributed by atoms with van der Waals surface area (Å²) in [6.07, 6.45) is 1.16. The van der Waals surface area contributed by atoms with Crippen LogP contribution in [0.25, 0.3) is 0 Å². The van der Waals surface area contributed by atoms with Crippen molar-refractivity contribution in [3.05, 3.63) is 59.1 Å². The van der Waals surface area contributed by atoms with Gasteiger partial charge >= 0.3 is 0 Å². The number of nitrogens with one attached hydrogen (secondary N) is 1. The van der Waals surface area contributed by atoms with Gasteiger partial charge in [0.15, 0.2) is 0 Å². The molecule has 5 nitrogen and oxygen atoms in total. The number of nitrogens with zero attached hydrogens (tertiary/aromatic N) is 1. The highest BCUT2D eigenvalue weighted by molar-refractivity contribution is 7.89. The summed E-state index contributed by atoms with van der Waals surface area (Å²) in [5, 5.41) is 3.34. The SMILES string of the molecule is Cc1ccc(S(=O)(=O)N2CCC[C@@H]2C(=O)Nc2ccc(Cl)cc2)cc1. The van der Waals surface area contributed by atoms with Gasteiger partial charge in [-0.25, -0.2) is 8.42 Å². The third-order valence-corrected chi connectivity index (χ3v) is 6.42. The maximum absolute atomic E-state index is 12.9. The van der Waals surface area contributed by atoms with Crippen LogP contribution in [-0.4, -0.2) is 31.2 Å². The van der Waals surface area contributed by atoms with E-state index in [0.29, 0.717) is 30.1 Å². The van der Waals surface area contributed by atoms with Gasteiger partial charge < -0.3 is 5.32 Å². The minimum absolute atomic E-state index is 0.212. The van der Waals surface area contributed by atoms with E-state index in [9.17, 15) is 13.2 Å². The maximum atomic E-state index is 12.9. The molecule has 1 saturated heterocycles. The van der Waals surface area contributed by atoms with Crippen molar-refractivity contribution >= 4 is 33.2 Å². The summed E-state index contributed by atoms with van der Waals surface area (Å²) in [7, 11) is -3.70. The molecule has 1 heterocycles. The van der Waals surface area contributed by atoms with Crippen molar-refractivity contribution in [2.45, 2.75) is 30.7 Å². The van der Waals surface area contributed by atoms with Gasteiger partial charge in [0.1, 0.15) is 6.04 Å². The number of carbonyl (C=O) groups is 1. The molecule has 2 aromatic carbocycles. The third-order valence-electron chi connectivity index (χ3n) is 4.25. The smallest absolute Gasteiger partial charge is 0.243 e. The van der Waals surface area contributed by atoms with Crippen LogP contribution in [0.15, 0.2) is 53.4 Å². The van der Waals surface area contributed by atoms with Crippen molar-refractivity contribution in [3.63, 3.8) is 0 Å². The monoisotopic (exact) mass is 378 g/mol. The molecule has 0 unspecified atom stereocenters. The molecular weight excluding hydrogens is 360 g/mol. The number of rotatable bonds is 4. The second-order valence-corrected chi connectivity index (χ2v) is 8.41. The van der Waals surface area contributed by atoms with E-state index in [2.05, 4.69) is 5.32 Å². The fourth-order valence-electron chi connectivity index (χ4n) is 2.89. The van der Waals surface area contributed by atoms with Gasteiger partial charge in [0.05, 0.1) is 4.90 Å². The Morgan fingerprint density at radius 1 is 1.12 bits per heavy atom. The Morgan fingerprint density at radius 2 is 1.76 bits per heavy atom. The van der Waals surface area contributed by atoms with Gasteiger partial charge in [0.25, 0.3) is 0 Å². The van der Waals surface area contributed by atoms with Crippen LogP contribution < -0.4 is 5.32 Å². The van der Waals surface area contributed by atoms with E-state index in [1.165, 1.54) is 4.31 Å². The lowest BCUT2D eigenvalue weighted by atomic mass is 10.2. The predicted octanol–water partition coefficient (Wildman–Crippen LogP) is 3.44. The zero-order valence-electron chi connectivity index (χ0n) is 13.8. The molecule has 0 radical (unpaired) electrons. The molecular formula is C18H19ClN2O3S. The van der Waals surface area contributed by atoms with Crippen molar-refractivity contribution in [2.24, 2.45) is 0 Å². The van der Waals surface area contributed by atoms with Gasteiger partial charge in [-0.1, -0.05) is 29.3 Å². The van der Waals surface area contributed by atoms with Gasteiger partial charge in [-0.3, -0.25) is 4.79 Å². The molecule has 2 aromatic rings. The first-order valence-corrected chi connectivity index (χ1v) is 9.85. The van der Waals surface area contributed by atoms with Gasteiger partial charge in [-0.05, 0) is 56.2 Å². The largest absolute Gasteiger partial charge is 0.325 e. The normalized spacial score (nSPS) is 18.2. The van der Waals surface area contributed by atoms with Crippen LogP contribution in [0.3, 0.4) is 0 Å². The Kier molecular flexibility index (Phi) is 5.13. The zero-order valence-corrected chi connectivity index (χ0v) is 15.3. The summed E-state index contributed by atoms with van der Waals surface area (Å²) >= 11 is 5.84. The number of aryl methyl sites for hydroxylation is 1. The van der Waals surface area contributed by atoms with Gasteiger partial charge in [-0.2, -0.15) is 4.31 Å². The first-order chi connectivity index (χ1) is 11.9. The highest BCUT2D eigenvalue weighted by atomic mass is 35.5. The Hall–Kier alpha value is -1.89. The predicted molar refractivity (Wildman–Crippen MR) is 98.2 cm³/mol. The molecule has 1 aliphatic rings. The van der Waals surface area contributed by atoms with E-state index >= 15 is 0 Å². The third kappa shape index (κ3) is 3.86. The molecule has 1 N–H and O–H groups in total. The molecule has 0 spiro atoms. The Morgan fingerprint density at radius 3 is 2.40 bits per heavy atom. The number of benzene rings is 2. The first kappa shape index (κ1) is 17.9. The Labute approximate surface area is 152 Å². The Bertz CT molecular complexity index is 864. The molecule has 25 heavy (non-hydrogen) atoms. The van der Waals surface area contributed by atoms with Crippen molar-refractivity contribution < 1.29 is 13.2 Å². The molecule has 7 heteroatoms. The average molecular weight is 379 g/mol. The van der Waals surface area contributed by atoms with Gasteiger partial charge in [0, 0.05) is 17.3 Å². The molecule has 3 rings (SSSR count). The summed E-state index contributed by atoms with van der Waals surface area (Å²) in [6, 6.07) is 12.7. The van der Waals surface area contributed by atoms with Crippen LogP contribution in [0.5, 0.6) is 0 Å². The Balaban J connectivity index is 1.80. The second kappa shape index (κ2) is 7.15. The lowest BCUT2D eigenvalue weighted by molar-refractivity contribution is -0.119. The van der Waals surface area contributed by atoms with Crippen molar-refractivity contribution in [1.82, 2.24) is 4.31 Å². The fourth-order valence-corrected chi connectivity index (χ4v) is 4.68. The van der Waals surface area contributed by atoms with E-state index in [0.717, 1.165) is 5.56 Å². The van der Waals surface area contributed by atoms with Gasteiger partial charge in [-0.15, -0.1) is 0 Å². The summed E-state index contributed by atoms with van der Waals surface area (Å²) in [6.45, 7) is 2.24. The number of hydrogen-bond donors (Lipinski definition) is 1. The van der Waals surface area contributed by atoms with E-state index < -0.39 is 16.1 Å². The van der Waals surface area contributed by atoms with Crippen molar-refractivity contribution in [1.29, 1.82) is 0 Å². The molecule has 132 valence electrons. The number of anilines is 1. The summed E-state index contributed by atoms with van der Waals surface area (Å²) < 4.78 is 27.1. The van der Waals surface area contributed by atoms with Crippen LogP contribution in [0.1, 0.15) is 18.4 Å². The van der Waals surface area contributed by atoms with Crippen molar-refractivity contribution in [2.75, 3.05) is 11.9 Å². The number of halogens is 1. The number of amides is 1. The first-order valence-electron chi connectivity index (χ1n) is 8.03. The number of carbonyl (C=O) groups excluding carboxylic acids is 1. The quantitative estimate of drug-likeness (QED) is 0.886. The molecule has 0 saturated carbocycles. The average Bonchev–Trinajstić information content (AvgIpc) is 3.08. The van der Waals surface area contributed by atoms with Gasteiger partial charge in [0.2, 0.25) is 15.9 Å². The molecule has 1 amide bonds. The summed E-state index contributed by atoms with van der Waals surface area (Å²) in [4.78, 5) is 12.8. The van der Waals surface area contributed by atoms with Crippen LogP contribution >= 0.6 is 11.6 Å². The van der Waals surface area contributed by atoms with Crippen LogP contribution in [0, 0.1) is 6.92 Å². The maximum Gasteiger partial charge on any atom is 0.243 e. The fraction of sp³-hybridized carbons (Fsp3) is 0.278. The zero-order chi connectivity index (χ0) is 18.0. The summed E-state index contributed by atoms with van der Waals surface area (Å²) in [5.41, 5.74) is 1.58. The van der Waals surface area contributed by atoms with E-state index in [1.807, 2.05) is 6.92 Å².